The second-order valence-electron chi connectivity index (χ2n) is 2.65. The van der Waals surface area contributed by atoms with E-state index in [0.717, 1.165) is 0 Å². The Morgan fingerprint density at radius 2 is 2.33 bits per heavy atom. The van der Waals surface area contributed by atoms with E-state index in [9.17, 15) is 4.79 Å². The highest BCUT2D eigenvalue weighted by atomic mass is 16.1. The van der Waals surface area contributed by atoms with E-state index >= 15 is 0 Å². The Bertz CT molecular complexity index is 312. The van der Waals surface area contributed by atoms with Gasteiger partial charge in [-0.2, -0.15) is 0 Å². The van der Waals surface area contributed by atoms with Gasteiger partial charge in [-0.1, -0.05) is 30.3 Å². The maximum atomic E-state index is 11.6. The van der Waals surface area contributed by atoms with Gasteiger partial charge in [0.25, 0.3) is 0 Å². The molecule has 12 heavy (non-hydrogen) atoms. The van der Waals surface area contributed by atoms with Gasteiger partial charge in [0.2, 0.25) is 0 Å². The second-order valence-corrected chi connectivity index (χ2v) is 2.65. The van der Waals surface area contributed by atoms with Crippen LogP contribution in [0.25, 0.3) is 0 Å². The van der Waals surface area contributed by atoms with Crippen molar-refractivity contribution >= 4 is 5.78 Å². The summed E-state index contributed by atoms with van der Waals surface area (Å²) >= 11 is 0. The lowest BCUT2D eigenvalue weighted by Crippen LogP contribution is -2.30. The Hall–Kier alpha value is -1.15. The van der Waals surface area contributed by atoms with Gasteiger partial charge in [0, 0.05) is 5.56 Å². The van der Waals surface area contributed by atoms with E-state index in [0.29, 0.717) is 5.56 Å². The first kappa shape index (κ1) is 7.50. The molecule has 64 valence electrons. The van der Waals surface area contributed by atoms with Crippen molar-refractivity contribution in [1.29, 1.82) is 0 Å². The second kappa shape index (κ2) is 4.02. The first-order chi connectivity index (χ1) is 6.16. The van der Waals surface area contributed by atoms with Crippen molar-refractivity contribution in [2.45, 2.75) is 13.0 Å². The number of likely N-dealkylation sites (N-methyl/N-ethyl adjacent to an activating group) is 1. The fourth-order valence-corrected chi connectivity index (χ4v) is 0.911. The summed E-state index contributed by atoms with van der Waals surface area (Å²) in [5.74, 6) is -0.0342. The molecular weight excluding hydrogens is 150 g/mol. The highest BCUT2D eigenvalue weighted by Gasteiger charge is 2.11. The average Bonchev–Trinajstić information content (AvgIpc) is 2.16. The maximum absolute atomic E-state index is 11.6. The molecule has 0 bridgehead atoms. The minimum atomic E-state index is -0.230. The van der Waals surface area contributed by atoms with Crippen LogP contribution in [0, 0.1) is 0 Å². The van der Waals surface area contributed by atoms with Crippen LogP contribution in [0.3, 0.4) is 0 Å². The summed E-state index contributed by atoms with van der Waals surface area (Å²) in [6.07, 6.45) is 0. The molecule has 0 radical (unpaired) electrons. The summed E-state index contributed by atoms with van der Waals surface area (Å²) in [7, 11) is 1.73. The zero-order valence-electron chi connectivity index (χ0n) is 8.29. The van der Waals surface area contributed by atoms with Crippen molar-refractivity contribution in [3.05, 3.63) is 35.9 Å². The molecule has 0 fully saturated rings. The van der Waals surface area contributed by atoms with Crippen molar-refractivity contribution in [3.8, 4) is 0 Å². The van der Waals surface area contributed by atoms with Crippen LogP contribution in [-0.2, 0) is 0 Å². The molecule has 1 rings (SSSR count). The van der Waals surface area contributed by atoms with Crippen molar-refractivity contribution in [2.75, 3.05) is 7.05 Å². The number of carbonyl (C=O) groups is 1. The molecule has 0 saturated carbocycles. The fourth-order valence-electron chi connectivity index (χ4n) is 0.911. The third kappa shape index (κ3) is 1.92. The Balaban J connectivity index is 2.95. The molecule has 0 saturated heterocycles. The Morgan fingerprint density at radius 1 is 1.58 bits per heavy atom. The summed E-state index contributed by atoms with van der Waals surface area (Å²) in [6.45, 7) is 1.79. The molecule has 1 N–H and O–H groups in total. The third-order valence-corrected chi connectivity index (χ3v) is 1.80. The van der Waals surface area contributed by atoms with Crippen molar-refractivity contribution < 1.29 is 6.17 Å². The Morgan fingerprint density at radius 3 is 2.92 bits per heavy atom. The molecule has 0 aliphatic carbocycles. The van der Waals surface area contributed by atoms with E-state index in [1.807, 2.05) is 0 Å². The minimum absolute atomic E-state index is 0.0342. The van der Waals surface area contributed by atoms with Gasteiger partial charge in [-0.05, 0) is 14.0 Å². The smallest absolute Gasteiger partial charge is 0.179 e. The monoisotopic (exact) mass is 164 g/mol. The average molecular weight is 164 g/mol. The van der Waals surface area contributed by atoms with Crippen molar-refractivity contribution in [1.82, 2.24) is 5.32 Å². The number of Topliss-reactive ketones (excluding diaryl/α,β-unsaturated/α-hetero) is 1. The quantitative estimate of drug-likeness (QED) is 0.685. The van der Waals surface area contributed by atoms with Crippen LogP contribution in [-0.4, -0.2) is 18.9 Å². The molecule has 2 heteroatoms. The number of ketones is 1. The van der Waals surface area contributed by atoms with Crippen LogP contribution in [0.5, 0.6) is 0 Å². The first-order valence-electron chi connectivity index (χ1n) is 4.44. The first-order valence-corrected chi connectivity index (χ1v) is 3.94. The molecule has 0 aliphatic rings. The molecular formula is C10H13NO. The maximum Gasteiger partial charge on any atom is 0.179 e. The van der Waals surface area contributed by atoms with E-state index in [4.69, 9.17) is 1.37 Å². The standard InChI is InChI=1S/C10H13NO/c1-8(11-2)10(12)9-6-4-3-5-7-9/h3-8,11H,1-2H3/i6D. The van der Waals surface area contributed by atoms with Gasteiger partial charge in [0.05, 0.1) is 7.41 Å². The van der Waals surface area contributed by atoms with E-state index < -0.39 is 0 Å². The number of nitrogens with one attached hydrogen (secondary N) is 1. The van der Waals surface area contributed by atoms with Gasteiger partial charge in [-0.15, -0.1) is 0 Å². The number of rotatable bonds is 3. The molecule has 0 aromatic heterocycles. The molecule has 0 aliphatic heterocycles. The van der Waals surface area contributed by atoms with Gasteiger partial charge in [-0.25, -0.2) is 0 Å². The van der Waals surface area contributed by atoms with Crippen LogP contribution >= 0.6 is 0 Å². The van der Waals surface area contributed by atoms with Gasteiger partial charge < -0.3 is 5.32 Å². The van der Waals surface area contributed by atoms with E-state index in [1.54, 1.807) is 38.2 Å². The van der Waals surface area contributed by atoms with Crippen LogP contribution in [0.4, 0.5) is 0 Å². The molecule has 0 amide bonds. The topological polar surface area (TPSA) is 29.1 Å². The van der Waals surface area contributed by atoms with Crippen molar-refractivity contribution in [2.24, 2.45) is 0 Å². The minimum Gasteiger partial charge on any atom is -0.310 e. The molecule has 0 heterocycles. The van der Waals surface area contributed by atoms with Crippen molar-refractivity contribution in [3.63, 3.8) is 0 Å². The lowest BCUT2D eigenvalue weighted by atomic mass is 10.1. The summed E-state index contributed by atoms with van der Waals surface area (Å²) in [6, 6.07) is 6.88. The largest absolute Gasteiger partial charge is 0.310 e. The van der Waals surface area contributed by atoms with E-state index in [2.05, 4.69) is 5.32 Å². The fraction of sp³-hybridized carbons (Fsp3) is 0.300. The molecule has 0 spiro atoms. The summed E-state index contributed by atoms with van der Waals surface area (Å²) < 4.78 is 7.52. The number of benzene rings is 1. The summed E-state index contributed by atoms with van der Waals surface area (Å²) in [5, 5.41) is 2.86. The summed E-state index contributed by atoms with van der Waals surface area (Å²) in [4.78, 5) is 11.6. The predicted octanol–water partition coefficient (Wildman–Crippen LogP) is 1.48. The van der Waals surface area contributed by atoms with E-state index in [-0.39, 0.29) is 17.9 Å². The van der Waals surface area contributed by atoms with Gasteiger partial charge >= 0.3 is 0 Å². The molecule has 1 unspecified atom stereocenters. The number of hydrogen-bond donors (Lipinski definition) is 1. The molecule has 2 nitrogen and oxygen atoms in total. The Kier molecular flexibility index (Phi) is 2.51. The SMILES string of the molecule is [2H]c1ccccc1C(=O)C(C)NC. The zero-order chi connectivity index (χ0) is 9.84. The number of hydrogen-bond acceptors (Lipinski definition) is 2. The van der Waals surface area contributed by atoms with E-state index in [1.165, 1.54) is 0 Å². The molecule has 1 aromatic rings. The van der Waals surface area contributed by atoms with Crippen LogP contribution in [0.15, 0.2) is 30.3 Å². The van der Waals surface area contributed by atoms with Gasteiger partial charge in [0.15, 0.2) is 5.78 Å². The molecule has 1 atom stereocenters. The van der Waals surface area contributed by atoms with Crippen LogP contribution in [0.2, 0.25) is 0 Å². The highest BCUT2D eigenvalue weighted by Crippen LogP contribution is 2.02. The summed E-state index contributed by atoms with van der Waals surface area (Å²) in [5.41, 5.74) is 0.476. The lowest BCUT2D eigenvalue weighted by Gasteiger charge is -2.07. The van der Waals surface area contributed by atoms with Crippen LogP contribution < -0.4 is 5.32 Å². The van der Waals surface area contributed by atoms with Crippen LogP contribution in [0.1, 0.15) is 18.7 Å². The Labute approximate surface area is 74.0 Å². The highest BCUT2D eigenvalue weighted by molar-refractivity contribution is 5.99. The zero-order valence-corrected chi connectivity index (χ0v) is 7.29. The molecule has 1 aromatic carbocycles. The predicted molar refractivity (Wildman–Crippen MR) is 49.3 cm³/mol. The lowest BCUT2D eigenvalue weighted by molar-refractivity contribution is 0.0955. The normalized spacial score (nSPS) is 13.7. The number of carbonyl (C=O) groups excluding carboxylic acids is 1. The van der Waals surface area contributed by atoms with Gasteiger partial charge in [0.1, 0.15) is 0 Å². The third-order valence-electron chi connectivity index (χ3n) is 1.80. The van der Waals surface area contributed by atoms with Gasteiger partial charge in [-0.3, -0.25) is 4.79 Å².